The van der Waals surface area contributed by atoms with Gasteiger partial charge in [0.25, 0.3) is 0 Å². The van der Waals surface area contributed by atoms with Gasteiger partial charge >= 0.3 is 19.8 Å². The molecule has 0 aliphatic heterocycles. The van der Waals surface area contributed by atoms with Crippen LogP contribution in [-0.4, -0.2) is 74.9 Å². The van der Waals surface area contributed by atoms with Gasteiger partial charge < -0.3 is 18.9 Å². The minimum Gasteiger partial charge on any atom is -0.462 e. The molecule has 0 aliphatic rings. The zero-order chi connectivity index (χ0) is 40.0. The lowest BCUT2D eigenvalue weighted by Gasteiger charge is -2.24. The van der Waals surface area contributed by atoms with Crippen LogP contribution in [0.25, 0.3) is 0 Å². The number of nitrogens with zero attached hydrogens (tertiary/aromatic N) is 1. The Morgan fingerprint density at radius 3 is 1.50 bits per heavy atom. The fourth-order valence-corrected chi connectivity index (χ4v) is 6.73. The lowest BCUT2D eigenvalue weighted by Crippen LogP contribution is -2.37. The van der Waals surface area contributed by atoms with Gasteiger partial charge in [0.05, 0.1) is 27.7 Å². The normalized spacial score (nSPS) is 13.8. The smallest absolute Gasteiger partial charge is 0.462 e. The highest BCUT2D eigenvalue weighted by atomic mass is 31.2. The number of esters is 2. The van der Waals surface area contributed by atoms with Crippen molar-refractivity contribution in [2.75, 3.05) is 47.5 Å². The third-order valence-corrected chi connectivity index (χ3v) is 10.5. The highest BCUT2D eigenvalue weighted by Gasteiger charge is 2.27. The molecule has 318 valence electrons. The van der Waals surface area contributed by atoms with Crippen LogP contribution < -0.4 is 0 Å². The average Bonchev–Trinajstić information content (AvgIpc) is 3.12. The molecule has 1 N–H and O–H groups in total. The van der Waals surface area contributed by atoms with Crippen molar-refractivity contribution in [3.05, 3.63) is 24.3 Å². The molecule has 10 heteroatoms. The van der Waals surface area contributed by atoms with Gasteiger partial charge in [-0.3, -0.25) is 18.6 Å². The van der Waals surface area contributed by atoms with Crippen LogP contribution in [0.5, 0.6) is 0 Å². The van der Waals surface area contributed by atoms with E-state index >= 15 is 0 Å². The van der Waals surface area contributed by atoms with Crippen molar-refractivity contribution < 1.29 is 42.1 Å². The molecule has 1 unspecified atom stereocenters. The van der Waals surface area contributed by atoms with Gasteiger partial charge in [-0.1, -0.05) is 160 Å². The van der Waals surface area contributed by atoms with Gasteiger partial charge in [0, 0.05) is 12.8 Å². The fourth-order valence-electron chi connectivity index (χ4n) is 5.99. The van der Waals surface area contributed by atoms with E-state index in [-0.39, 0.29) is 32.0 Å². The Bertz CT molecular complexity index is 980. The molecule has 0 fully saturated rings. The van der Waals surface area contributed by atoms with Gasteiger partial charge in [-0.05, 0) is 44.9 Å². The molecular weight excluding hydrogens is 701 g/mol. The van der Waals surface area contributed by atoms with Gasteiger partial charge in [-0.2, -0.15) is 0 Å². The van der Waals surface area contributed by atoms with E-state index < -0.39 is 26.5 Å². The molecule has 9 nitrogen and oxygen atoms in total. The molecule has 0 bridgehead atoms. The molecule has 2 atom stereocenters. The molecular formula is C44H85NO8P+. The molecule has 0 aromatic carbocycles. The van der Waals surface area contributed by atoms with E-state index in [1.807, 2.05) is 21.1 Å². The number of carbonyl (C=O) groups is 2. The van der Waals surface area contributed by atoms with Crippen LogP contribution in [-0.2, 0) is 32.7 Å². The second-order valence-electron chi connectivity index (χ2n) is 16.1. The Kier molecular flexibility index (Phi) is 36.1. The van der Waals surface area contributed by atoms with E-state index in [1.165, 1.54) is 103 Å². The molecule has 0 saturated heterocycles. The highest BCUT2D eigenvalue weighted by molar-refractivity contribution is 7.47. The highest BCUT2D eigenvalue weighted by Crippen LogP contribution is 2.43. The third-order valence-electron chi connectivity index (χ3n) is 9.48. The van der Waals surface area contributed by atoms with Crippen LogP contribution in [0.15, 0.2) is 24.3 Å². The van der Waals surface area contributed by atoms with Gasteiger partial charge in [-0.15, -0.1) is 0 Å². The SMILES string of the molecule is CCCCC/C=C\C/C=C\CCCCCCCC(=O)OC[C@H](COP(=O)(O)OCC[N+](C)(C)C)OC(=O)CCCCCCCCCCCCCCCCC. The number of phosphoric acid groups is 1. The third kappa shape index (κ3) is 40.2. The van der Waals surface area contributed by atoms with Crippen molar-refractivity contribution in [3.8, 4) is 0 Å². The van der Waals surface area contributed by atoms with Crippen molar-refractivity contribution in [3.63, 3.8) is 0 Å². The molecule has 0 aromatic rings. The Morgan fingerprint density at radius 1 is 0.574 bits per heavy atom. The minimum absolute atomic E-state index is 0.0312. The molecule has 0 radical (unpaired) electrons. The summed E-state index contributed by atoms with van der Waals surface area (Å²) in [5.41, 5.74) is 0. The zero-order valence-corrected chi connectivity index (χ0v) is 36.6. The lowest BCUT2D eigenvalue weighted by molar-refractivity contribution is -0.870. The maximum absolute atomic E-state index is 12.7. The van der Waals surface area contributed by atoms with Crippen molar-refractivity contribution in [1.29, 1.82) is 0 Å². The second-order valence-corrected chi connectivity index (χ2v) is 17.5. The number of phosphoric ester groups is 1. The van der Waals surface area contributed by atoms with Gasteiger partial charge in [-0.25, -0.2) is 4.57 Å². The van der Waals surface area contributed by atoms with Crippen LogP contribution in [0.3, 0.4) is 0 Å². The van der Waals surface area contributed by atoms with Crippen LogP contribution in [0.2, 0.25) is 0 Å². The molecule has 0 spiro atoms. The number of ether oxygens (including phenoxy) is 2. The van der Waals surface area contributed by atoms with Crippen molar-refractivity contribution >= 4 is 19.8 Å². The molecule has 54 heavy (non-hydrogen) atoms. The van der Waals surface area contributed by atoms with Gasteiger partial charge in [0.15, 0.2) is 6.10 Å². The molecule has 0 aliphatic carbocycles. The quantitative estimate of drug-likeness (QED) is 0.0215. The monoisotopic (exact) mass is 787 g/mol. The molecule has 0 saturated carbocycles. The topological polar surface area (TPSA) is 108 Å². The Morgan fingerprint density at radius 2 is 1.00 bits per heavy atom. The summed E-state index contributed by atoms with van der Waals surface area (Å²) in [5.74, 6) is -0.808. The maximum Gasteiger partial charge on any atom is 0.472 e. The van der Waals surface area contributed by atoms with Crippen LogP contribution in [0.1, 0.15) is 194 Å². The van der Waals surface area contributed by atoms with Crippen LogP contribution in [0.4, 0.5) is 0 Å². The number of allylic oxidation sites excluding steroid dienone is 4. The number of quaternary nitrogens is 1. The molecule has 0 rings (SSSR count). The Labute approximate surface area is 332 Å². The number of unbranched alkanes of at least 4 members (excludes halogenated alkanes) is 22. The van der Waals surface area contributed by atoms with Crippen molar-refractivity contribution in [1.82, 2.24) is 0 Å². The summed E-state index contributed by atoms with van der Waals surface area (Å²) in [5, 5.41) is 0. The number of rotatable bonds is 40. The second kappa shape index (κ2) is 37.1. The van der Waals surface area contributed by atoms with E-state index in [4.69, 9.17) is 18.5 Å². The maximum atomic E-state index is 12.7. The first-order valence-electron chi connectivity index (χ1n) is 22.1. The summed E-state index contributed by atoms with van der Waals surface area (Å²) in [6.45, 7) is 4.39. The summed E-state index contributed by atoms with van der Waals surface area (Å²) in [6, 6.07) is 0. The van der Waals surface area contributed by atoms with E-state index in [0.717, 1.165) is 57.8 Å². The number of hydrogen-bond acceptors (Lipinski definition) is 7. The Balaban J connectivity index is 4.37. The summed E-state index contributed by atoms with van der Waals surface area (Å²) >= 11 is 0. The molecule has 0 amide bonds. The summed E-state index contributed by atoms with van der Waals surface area (Å²) < 4.78 is 34.3. The number of hydrogen-bond donors (Lipinski definition) is 1. The Hall–Kier alpha value is -1.51. The van der Waals surface area contributed by atoms with E-state index in [9.17, 15) is 19.0 Å². The molecule has 0 heterocycles. The first-order chi connectivity index (χ1) is 26.0. The van der Waals surface area contributed by atoms with Crippen molar-refractivity contribution in [2.45, 2.75) is 200 Å². The average molecular weight is 787 g/mol. The summed E-state index contributed by atoms with van der Waals surface area (Å²) in [7, 11) is 1.47. The van der Waals surface area contributed by atoms with Gasteiger partial charge in [0.2, 0.25) is 0 Å². The largest absolute Gasteiger partial charge is 0.472 e. The predicted octanol–water partition coefficient (Wildman–Crippen LogP) is 12.4. The van der Waals surface area contributed by atoms with Gasteiger partial charge in [0.1, 0.15) is 19.8 Å². The first kappa shape index (κ1) is 52.5. The summed E-state index contributed by atoms with van der Waals surface area (Å²) in [6.07, 6.45) is 39.3. The molecule has 0 aromatic heterocycles. The van der Waals surface area contributed by atoms with Crippen molar-refractivity contribution in [2.24, 2.45) is 0 Å². The number of carbonyl (C=O) groups excluding carboxylic acids is 2. The lowest BCUT2D eigenvalue weighted by atomic mass is 10.0. The summed E-state index contributed by atoms with van der Waals surface area (Å²) in [4.78, 5) is 35.3. The zero-order valence-electron chi connectivity index (χ0n) is 35.7. The van der Waals surface area contributed by atoms with E-state index in [1.54, 1.807) is 0 Å². The van der Waals surface area contributed by atoms with E-state index in [2.05, 4.69) is 38.2 Å². The van der Waals surface area contributed by atoms with E-state index in [0.29, 0.717) is 17.4 Å². The minimum atomic E-state index is -4.37. The number of likely N-dealkylation sites (N-methyl/N-ethyl adjacent to an activating group) is 1. The van der Waals surface area contributed by atoms with Crippen LogP contribution >= 0.6 is 7.82 Å². The van der Waals surface area contributed by atoms with Crippen LogP contribution in [0, 0.1) is 0 Å². The standard InChI is InChI=1S/C44H84NO8P/c1-6-8-10-12-14-16-18-20-22-24-26-28-30-32-34-36-43(46)50-40-42(41-52-54(48,49)51-39-38-45(3,4)5)53-44(47)37-35-33-31-29-27-25-23-21-19-17-15-13-11-9-7-2/h14,16,20,22,42H,6-13,15,17-19,21,23-41H2,1-5H3/p+1/b16-14-,22-20-/t42-/m1/s1. The first-order valence-corrected chi connectivity index (χ1v) is 23.6. The fraction of sp³-hybridized carbons (Fsp3) is 0.864. The predicted molar refractivity (Wildman–Crippen MR) is 224 cm³/mol.